The molecular formula is C16H18ClF3N2O. The van der Waals surface area contributed by atoms with Crippen molar-refractivity contribution in [3.63, 3.8) is 0 Å². The topological polar surface area (TPSA) is 41.1 Å². The van der Waals surface area contributed by atoms with Gasteiger partial charge < -0.3 is 10.6 Å². The van der Waals surface area contributed by atoms with Gasteiger partial charge in [0.05, 0.1) is 11.3 Å². The molecule has 0 saturated carbocycles. The molecule has 2 amide bonds. The highest BCUT2D eigenvalue weighted by Crippen LogP contribution is 2.36. The Morgan fingerprint density at radius 2 is 2.04 bits per heavy atom. The van der Waals surface area contributed by atoms with E-state index in [1.54, 1.807) is 0 Å². The van der Waals surface area contributed by atoms with Crippen LogP contribution in [0.2, 0.25) is 5.02 Å². The molecule has 0 aromatic heterocycles. The van der Waals surface area contributed by atoms with Crippen LogP contribution < -0.4 is 10.6 Å². The van der Waals surface area contributed by atoms with Gasteiger partial charge in [-0.2, -0.15) is 13.2 Å². The van der Waals surface area contributed by atoms with E-state index in [1.165, 1.54) is 18.1 Å². The molecular weight excluding hydrogens is 329 g/mol. The van der Waals surface area contributed by atoms with Crippen molar-refractivity contribution in [1.29, 1.82) is 0 Å². The minimum atomic E-state index is -4.58. The van der Waals surface area contributed by atoms with Crippen LogP contribution in [0.15, 0.2) is 29.8 Å². The summed E-state index contributed by atoms with van der Waals surface area (Å²) in [5.74, 6) is 0. The number of carbonyl (C=O) groups is 1. The van der Waals surface area contributed by atoms with E-state index >= 15 is 0 Å². The molecule has 1 aliphatic carbocycles. The average Bonchev–Trinajstić information content (AvgIpc) is 2.49. The fourth-order valence-corrected chi connectivity index (χ4v) is 2.67. The fourth-order valence-electron chi connectivity index (χ4n) is 2.49. The lowest BCUT2D eigenvalue weighted by Crippen LogP contribution is -2.30. The number of halogens is 4. The van der Waals surface area contributed by atoms with E-state index in [4.69, 9.17) is 11.6 Å². The SMILES string of the molecule is O=C(NCCC1=CCCCC1)Nc1ccc(Cl)cc1C(F)(F)F. The highest BCUT2D eigenvalue weighted by molar-refractivity contribution is 6.30. The predicted molar refractivity (Wildman–Crippen MR) is 84.6 cm³/mol. The molecule has 2 rings (SSSR count). The lowest BCUT2D eigenvalue weighted by Gasteiger charge is -2.15. The number of anilines is 1. The third-order valence-corrected chi connectivity index (χ3v) is 3.89. The van der Waals surface area contributed by atoms with Gasteiger partial charge in [-0.15, -0.1) is 0 Å². The van der Waals surface area contributed by atoms with Gasteiger partial charge in [-0.3, -0.25) is 0 Å². The van der Waals surface area contributed by atoms with Gasteiger partial charge in [0.15, 0.2) is 0 Å². The van der Waals surface area contributed by atoms with E-state index < -0.39 is 17.8 Å². The van der Waals surface area contributed by atoms with Gasteiger partial charge in [0, 0.05) is 11.6 Å². The summed E-state index contributed by atoms with van der Waals surface area (Å²) in [5.41, 5.74) is 0.0189. The number of nitrogens with one attached hydrogen (secondary N) is 2. The van der Waals surface area contributed by atoms with E-state index in [-0.39, 0.29) is 10.7 Å². The Kier molecular flexibility index (Phi) is 5.93. The van der Waals surface area contributed by atoms with Crippen LogP contribution in [0.4, 0.5) is 23.7 Å². The maximum absolute atomic E-state index is 12.9. The summed E-state index contributed by atoms with van der Waals surface area (Å²) in [4.78, 5) is 11.8. The minimum absolute atomic E-state index is 0.0347. The van der Waals surface area contributed by atoms with Crippen molar-refractivity contribution in [2.75, 3.05) is 11.9 Å². The molecule has 126 valence electrons. The number of rotatable bonds is 4. The number of alkyl halides is 3. The third-order valence-electron chi connectivity index (χ3n) is 3.65. The Hall–Kier alpha value is -1.69. The normalized spacial score (nSPS) is 15.0. The number of benzene rings is 1. The number of amides is 2. The summed E-state index contributed by atoms with van der Waals surface area (Å²) >= 11 is 5.59. The first-order valence-electron chi connectivity index (χ1n) is 7.46. The second-order valence-electron chi connectivity index (χ2n) is 5.43. The van der Waals surface area contributed by atoms with Crippen molar-refractivity contribution >= 4 is 23.3 Å². The molecule has 7 heteroatoms. The Morgan fingerprint density at radius 1 is 1.26 bits per heavy atom. The first-order valence-corrected chi connectivity index (χ1v) is 7.83. The monoisotopic (exact) mass is 346 g/mol. The molecule has 0 atom stereocenters. The summed E-state index contributed by atoms with van der Waals surface area (Å²) in [6, 6.07) is 2.59. The minimum Gasteiger partial charge on any atom is -0.338 e. The molecule has 0 unspecified atom stereocenters. The van der Waals surface area contributed by atoms with Crippen molar-refractivity contribution in [2.45, 2.75) is 38.3 Å². The molecule has 0 spiro atoms. The van der Waals surface area contributed by atoms with Crippen LogP contribution in [0.3, 0.4) is 0 Å². The second kappa shape index (κ2) is 7.73. The smallest absolute Gasteiger partial charge is 0.338 e. The van der Waals surface area contributed by atoms with Gasteiger partial charge in [-0.1, -0.05) is 23.3 Å². The van der Waals surface area contributed by atoms with Gasteiger partial charge in [0.2, 0.25) is 0 Å². The molecule has 1 aliphatic rings. The van der Waals surface area contributed by atoms with E-state index in [9.17, 15) is 18.0 Å². The summed E-state index contributed by atoms with van der Waals surface area (Å²) in [7, 11) is 0. The number of allylic oxidation sites excluding steroid dienone is 1. The molecule has 0 fully saturated rings. The third kappa shape index (κ3) is 5.46. The van der Waals surface area contributed by atoms with Crippen LogP contribution >= 0.6 is 11.6 Å². The molecule has 0 radical (unpaired) electrons. The lowest BCUT2D eigenvalue weighted by molar-refractivity contribution is -0.136. The predicted octanol–water partition coefficient (Wildman–Crippen LogP) is 5.37. The standard InChI is InChI=1S/C16H18ClF3N2O/c17-12-6-7-14(13(10-12)16(18,19)20)22-15(23)21-9-8-11-4-2-1-3-5-11/h4,6-7,10H,1-3,5,8-9H2,(H2,21,22,23). The molecule has 0 heterocycles. The van der Waals surface area contributed by atoms with Crippen molar-refractivity contribution in [3.8, 4) is 0 Å². The highest BCUT2D eigenvalue weighted by atomic mass is 35.5. The largest absolute Gasteiger partial charge is 0.418 e. The second-order valence-corrected chi connectivity index (χ2v) is 5.86. The lowest BCUT2D eigenvalue weighted by atomic mass is 9.97. The van der Waals surface area contributed by atoms with E-state index in [2.05, 4.69) is 16.7 Å². The Bertz CT molecular complexity index is 599. The molecule has 0 bridgehead atoms. The Labute approximate surface area is 137 Å². The fraction of sp³-hybridized carbons (Fsp3) is 0.438. The van der Waals surface area contributed by atoms with Crippen LogP contribution in [0.5, 0.6) is 0 Å². The summed E-state index contributed by atoms with van der Waals surface area (Å²) in [6.45, 7) is 0.395. The first kappa shape index (κ1) is 17.7. The summed E-state index contributed by atoms with van der Waals surface area (Å²) < 4.78 is 38.8. The van der Waals surface area contributed by atoms with Crippen molar-refractivity contribution in [3.05, 3.63) is 40.4 Å². The van der Waals surface area contributed by atoms with Gasteiger partial charge >= 0.3 is 12.2 Å². The Morgan fingerprint density at radius 3 is 2.70 bits per heavy atom. The first-order chi connectivity index (χ1) is 10.9. The zero-order chi connectivity index (χ0) is 16.9. The maximum Gasteiger partial charge on any atom is 0.418 e. The number of urea groups is 1. The Balaban J connectivity index is 1.91. The van der Waals surface area contributed by atoms with Crippen molar-refractivity contribution in [1.82, 2.24) is 5.32 Å². The molecule has 2 N–H and O–H groups in total. The summed E-state index contributed by atoms with van der Waals surface area (Å²) in [5, 5.41) is 4.78. The summed E-state index contributed by atoms with van der Waals surface area (Å²) in [6.07, 6.45) is 2.73. The van der Waals surface area contributed by atoms with Crippen molar-refractivity contribution < 1.29 is 18.0 Å². The molecule has 0 saturated heterocycles. The van der Waals surface area contributed by atoms with Crippen molar-refractivity contribution in [2.24, 2.45) is 0 Å². The molecule has 3 nitrogen and oxygen atoms in total. The highest BCUT2D eigenvalue weighted by Gasteiger charge is 2.34. The van der Waals surface area contributed by atoms with E-state index in [1.807, 2.05) is 0 Å². The zero-order valence-corrected chi connectivity index (χ0v) is 13.2. The number of carbonyl (C=O) groups excluding carboxylic acids is 1. The quantitative estimate of drug-likeness (QED) is 0.707. The van der Waals surface area contributed by atoms with Crippen LogP contribution in [-0.2, 0) is 6.18 Å². The molecule has 23 heavy (non-hydrogen) atoms. The van der Waals surface area contributed by atoms with Crippen LogP contribution in [0, 0.1) is 0 Å². The van der Waals surface area contributed by atoms with Crippen LogP contribution in [0.1, 0.15) is 37.7 Å². The molecule has 0 aliphatic heterocycles. The maximum atomic E-state index is 12.9. The van der Waals surface area contributed by atoms with Crippen LogP contribution in [0.25, 0.3) is 0 Å². The van der Waals surface area contributed by atoms with Gasteiger partial charge in [-0.05, 0) is 50.3 Å². The van der Waals surface area contributed by atoms with Crippen LogP contribution in [-0.4, -0.2) is 12.6 Å². The number of hydrogen-bond acceptors (Lipinski definition) is 1. The van der Waals surface area contributed by atoms with Gasteiger partial charge in [0.25, 0.3) is 0 Å². The van der Waals surface area contributed by atoms with Gasteiger partial charge in [0.1, 0.15) is 0 Å². The average molecular weight is 347 g/mol. The molecule has 1 aromatic rings. The zero-order valence-electron chi connectivity index (χ0n) is 12.5. The van der Waals surface area contributed by atoms with E-state index in [0.29, 0.717) is 6.54 Å². The molecule has 1 aromatic carbocycles. The van der Waals surface area contributed by atoms with Gasteiger partial charge in [-0.25, -0.2) is 4.79 Å². The van der Waals surface area contributed by atoms with E-state index in [0.717, 1.165) is 37.8 Å². The number of hydrogen-bond donors (Lipinski definition) is 2.